The second-order valence-corrected chi connectivity index (χ2v) is 15.8. The molecule has 4 nitrogen and oxygen atoms in total. The lowest BCUT2D eigenvalue weighted by Gasteiger charge is -2.40. The van der Waals surface area contributed by atoms with Crippen molar-refractivity contribution in [2.75, 3.05) is 15.1 Å². The van der Waals surface area contributed by atoms with Crippen LogP contribution >= 0.6 is 0 Å². The lowest BCUT2D eigenvalue weighted by molar-refractivity contribution is 0.0230. The van der Waals surface area contributed by atoms with E-state index in [2.05, 4.69) is 179 Å². The van der Waals surface area contributed by atoms with Gasteiger partial charge in [0, 0.05) is 23.0 Å². The molecule has 0 saturated carbocycles. The van der Waals surface area contributed by atoms with E-state index in [1.54, 1.807) is 0 Å². The van der Waals surface area contributed by atoms with Crippen LogP contribution in [-0.4, -0.2) is 22.9 Å². The molecule has 4 aromatic rings. The third kappa shape index (κ3) is 5.49. The molecule has 2 aliphatic heterocycles. The molecule has 4 aromatic carbocycles. The quantitative estimate of drug-likeness (QED) is 0.159. The molecule has 7 aliphatic rings. The first kappa shape index (κ1) is 32.4. The zero-order valence-electron chi connectivity index (χ0n) is 31.1. The standard InChI is InChI=1S/C51H45N3O/c1-4-14-34(15-5-1)41-20-10-11-22-44(41)51-52-46-31-27-36-25-24-35-26-28-39(32-45(35)49(36)50(46)55-51)53(37-16-6-2-7-17-37)40-29-30-43-42-21-12-13-23-47(42)54(48(43)33-40)38-18-8-3-9-19-38/h2,4,6-8,10-16,18-31,33,37,39,42,47,51-52H,1,3,5,9,17,32H2/p+1. The van der Waals surface area contributed by atoms with Gasteiger partial charge in [0.15, 0.2) is 0 Å². The molecule has 2 heterocycles. The maximum atomic E-state index is 5.51. The molecule has 5 atom stereocenters. The minimum absolute atomic E-state index is 0.133. The molecule has 0 fully saturated rings. The molecule has 2 N–H and O–H groups in total. The van der Waals surface area contributed by atoms with Crippen molar-refractivity contribution in [3.05, 3.63) is 191 Å². The summed E-state index contributed by atoms with van der Waals surface area (Å²) >= 11 is 0. The Morgan fingerprint density at radius 3 is 2.45 bits per heavy atom. The van der Waals surface area contributed by atoms with E-state index in [9.17, 15) is 0 Å². The SMILES string of the molecule is C1=CCC(N(c2ccc3c(c2)N(C2=CCCC=C2)C2C=CC=CC32)C2C=Cc3ccc4ccc5c(c4c3C2)[OH+]C(c2ccccc2C2=CCCC=C2)N5)C=C1. The first-order valence-corrected chi connectivity index (χ1v) is 20.3. The van der Waals surface area contributed by atoms with Gasteiger partial charge in [-0.3, -0.25) is 5.32 Å². The van der Waals surface area contributed by atoms with Gasteiger partial charge in [-0.1, -0.05) is 134 Å². The number of hydrogen-bond donors (Lipinski definition) is 1. The van der Waals surface area contributed by atoms with Gasteiger partial charge in [-0.15, -0.1) is 0 Å². The van der Waals surface area contributed by atoms with Gasteiger partial charge in [0.05, 0.1) is 29.1 Å². The summed E-state index contributed by atoms with van der Waals surface area (Å²) in [6.07, 6.45) is 43.4. The number of rotatable bonds is 6. The maximum Gasteiger partial charge on any atom is 0.290 e. The average molecular weight is 717 g/mol. The molecule has 0 saturated heterocycles. The number of nitrogens with zero attached hydrogens (tertiary/aromatic N) is 2. The Labute approximate surface area is 324 Å². The van der Waals surface area contributed by atoms with Crippen molar-refractivity contribution in [3.8, 4) is 5.75 Å². The second-order valence-electron chi connectivity index (χ2n) is 15.8. The lowest BCUT2D eigenvalue weighted by atomic mass is 9.87. The van der Waals surface area contributed by atoms with Crippen molar-refractivity contribution >= 4 is 39.5 Å². The lowest BCUT2D eigenvalue weighted by Crippen LogP contribution is -2.44. The number of aliphatic hydroxyl groups is 1. The molecule has 11 rings (SSSR count). The molecule has 270 valence electrons. The fourth-order valence-electron chi connectivity index (χ4n) is 10.0. The van der Waals surface area contributed by atoms with E-state index in [-0.39, 0.29) is 18.3 Å². The zero-order chi connectivity index (χ0) is 36.3. The van der Waals surface area contributed by atoms with Crippen LogP contribution in [0.2, 0.25) is 0 Å². The number of benzene rings is 4. The molecule has 5 unspecified atom stereocenters. The minimum atomic E-state index is -0.133. The van der Waals surface area contributed by atoms with E-state index in [1.807, 2.05) is 0 Å². The van der Waals surface area contributed by atoms with Crippen LogP contribution in [0, 0.1) is 0 Å². The number of hydrogen-bond acceptors (Lipinski definition) is 3. The average Bonchev–Trinajstić information content (AvgIpc) is 3.84. The zero-order valence-corrected chi connectivity index (χ0v) is 31.1. The number of fused-ring (bicyclic) bond motifs is 8. The smallest absolute Gasteiger partial charge is 0.290 e. The number of anilines is 3. The number of nitrogens with one attached hydrogen (secondary N) is 1. The summed E-state index contributed by atoms with van der Waals surface area (Å²) in [4.78, 5) is 5.29. The molecular weight excluding hydrogens is 671 g/mol. The molecule has 5 aliphatic carbocycles. The van der Waals surface area contributed by atoms with Crippen molar-refractivity contribution in [3.63, 3.8) is 0 Å². The van der Waals surface area contributed by atoms with Gasteiger partial charge in [0.25, 0.3) is 12.0 Å². The molecule has 0 radical (unpaired) electrons. The molecule has 0 amide bonds. The van der Waals surface area contributed by atoms with E-state index < -0.39 is 0 Å². The fraction of sp³-hybridized carbons (Fsp3) is 0.216. The van der Waals surface area contributed by atoms with Gasteiger partial charge >= 0.3 is 0 Å². The Kier molecular flexibility index (Phi) is 7.89. The Morgan fingerprint density at radius 2 is 1.58 bits per heavy atom. The number of allylic oxidation sites excluding steroid dienone is 11. The van der Waals surface area contributed by atoms with Crippen LogP contribution in [0.1, 0.15) is 72.1 Å². The summed E-state index contributed by atoms with van der Waals surface area (Å²) < 4.78 is 5.51. The van der Waals surface area contributed by atoms with Crippen LogP contribution in [0.15, 0.2) is 164 Å². The van der Waals surface area contributed by atoms with Crippen LogP contribution in [0.5, 0.6) is 5.75 Å². The van der Waals surface area contributed by atoms with Crippen molar-refractivity contribution in [1.29, 1.82) is 0 Å². The third-order valence-electron chi connectivity index (χ3n) is 12.6. The van der Waals surface area contributed by atoms with Gasteiger partial charge < -0.3 is 14.5 Å². The molecular formula is C51H46N3O+. The Hall–Kier alpha value is -6.00. The summed E-state index contributed by atoms with van der Waals surface area (Å²) in [5.41, 5.74) is 12.9. The van der Waals surface area contributed by atoms with E-state index >= 15 is 0 Å². The summed E-state index contributed by atoms with van der Waals surface area (Å²) in [5, 5.41) is 6.37. The van der Waals surface area contributed by atoms with E-state index in [1.165, 1.54) is 61.2 Å². The topological polar surface area (TPSA) is 31.3 Å². The second kappa shape index (κ2) is 13.4. The van der Waals surface area contributed by atoms with Crippen LogP contribution in [0.3, 0.4) is 0 Å². The summed E-state index contributed by atoms with van der Waals surface area (Å²) in [5.74, 6) is 1.45. The Balaban J connectivity index is 0.979. The van der Waals surface area contributed by atoms with Gasteiger partial charge in [-0.25, -0.2) is 0 Å². The predicted molar refractivity (Wildman–Crippen MR) is 231 cm³/mol. The van der Waals surface area contributed by atoms with E-state index in [0.717, 1.165) is 50.0 Å². The Morgan fingerprint density at radius 1 is 0.709 bits per heavy atom. The van der Waals surface area contributed by atoms with Gasteiger partial charge in [0.2, 0.25) is 0 Å². The van der Waals surface area contributed by atoms with Crippen LogP contribution in [0.25, 0.3) is 22.4 Å². The predicted octanol–water partition coefficient (Wildman–Crippen LogP) is 11.9. The highest BCUT2D eigenvalue weighted by Gasteiger charge is 2.40. The first-order chi connectivity index (χ1) is 27.3. The fourth-order valence-corrected chi connectivity index (χ4v) is 10.0. The molecule has 0 spiro atoms. The van der Waals surface area contributed by atoms with Crippen molar-refractivity contribution in [1.82, 2.24) is 0 Å². The highest BCUT2D eigenvalue weighted by atomic mass is 16.5. The van der Waals surface area contributed by atoms with Crippen LogP contribution < -0.4 is 15.1 Å². The van der Waals surface area contributed by atoms with Crippen molar-refractivity contribution in [2.45, 2.75) is 68.8 Å². The van der Waals surface area contributed by atoms with E-state index in [4.69, 9.17) is 4.74 Å². The molecule has 55 heavy (non-hydrogen) atoms. The normalized spacial score (nSPS) is 25.2. The molecule has 4 heteroatoms. The third-order valence-corrected chi connectivity index (χ3v) is 12.6. The maximum absolute atomic E-state index is 5.51. The van der Waals surface area contributed by atoms with Crippen LogP contribution in [-0.2, 0) is 6.42 Å². The largest absolute Gasteiger partial charge is 0.560 e. The highest BCUT2D eigenvalue weighted by Crippen LogP contribution is 2.50. The minimum Gasteiger partial charge on any atom is -0.560 e. The summed E-state index contributed by atoms with van der Waals surface area (Å²) in [6, 6.07) is 25.9. The number of ether oxygens (including phenoxy) is 1. The summed E-state index contributed by atoms with van der Waals surface area (Å²) in [7, 11) is 0. The van der Waals surface area contributed by atoms with Gasteiger partial charge in [-0.2, -0.15) is 0 Å². The van der Waals surface area contributed by atoms with Gasteiger partial charge in [-0.05, 0) is 102 Å². The molecule has 0 bridgehead atoms. The monoisotopic (exact) mass is 716 g/mol. The van der Waals surface area contributed by atoms with Crippen molar-refractivity contribution in [2.24, 2.45) is 0 Å². The molecule has 0 aromatic heterocycles. The first-order valence-electron chi connectivity index (χ1n) is 20.3. The van der Waals surface area contributed by atoms with Crippen LogP contribution in [0.4, 0.5) is 17.1 Å². The summed E-state index contributed by atoms with van der Waals surface area (Å²) in [6.45, 7) is 0. The highest BCUT2D eigenvalue weighted by molar-refractivity contribution is 5.99. The van der Waals surface area contributed by atoms with Crippen molar-refractivity contribution < 1.29 is 4.74 Å². The van der Waals surface area contributed by atoms with E-state index in [0.29, 0.717) is 12.0 Å². The number of aromatic hydroxyl groups is 1. The Bertz CT molecular complexity index is 2500. The van der Waals surface area contributed by atoms with Gasteiger partial charge in [0.1, 0.15) is 5.69 Å².